The van der Waals surface area contributed by atoms with Gasteiger partial charge in [-0.25, -0.2) is 0 Å². The molecule has 2 aromatic carbocycles. The fourth-order valence-electron chi connectivity index (χ4n) is 3.95. The van der Waals surface area contributed by atoms with Gasteiger partial charge < -0.3 is 14.6 Å². The smallest absolute Gasteiger partial charge is 0.170 e. The predicted molar refractivity (Wildman–Crippen MR) is 129 cm³/mol. The summed E-state index contributed by atoms with van der Waals surface area (Å²) in [6.07, 6.45) is 1.81. The molecule has 1 fully saturated rings. The van der Waals surface area contributed by atoms with Gasteiger partial charge in [0, 0.05) is 22.8 Å². The van der Waals surface area contributed by atoms with E-state index >= 15 is 0 Å². The first kappa shape index (κ1) is 20.0. The lowest BCUT2D eigenvalue weighted by atomic mass is 10.0. The highest BCUT2D eigenvalue weighted by molar-refractivity contribution is 9.10. The molecule has 2 atom stereocenters. The zero-order chi connectivity index (χ0) is 21.2. The Labute approximate surface area is 195 Å². The van der Waals surface area contributed by atoms with E-state index in [0.29, 0.717) is 11.7 Å². The second-order valence-electron chi connectivity index (χ2n) is 7.45. The summed E-state index contributed by atoms with van der Waals surface area (Å²) < 4.78 is 7.42. The third-order valence-electron chi connectivity index (χ3n) is 5.44. The van der Waals surface area contributed by atoms with Gasteiger partial charge in [-0.1, -0.05) is 64.5 Å². The van der Waals surface area contributed by atoms with Crippen LogP contribution in [0.2, 0.25) is 0 Å². The number of aromatic nitrogens is 1. The highest BCUT2D eigenvalue weighted by Crippen LogP contribution is 2.41. The number of nitrogens with zero attached hydrogens (tertiary/aromatic N) is 2. The molecule has 0 saturated carbocycles. The van der Waals surface area contributed by atoms with Crippen LogP contribution in [0.1, 0.15) is 29.1 Å². The van der Waals surface area contributed by atoms with Crippen LogP contribution in [0.15, 0.2) is 100 Å². The van der Waals surface area contributed by atoms with Crippen LogP contribution >= 0.6 is 28.1 Å². The van der Waals surface area contributed by atoms with E-state index in [0.717, 1.165) is 27.3 Å². The van der Waals surface area contributed by atoms with Gasteiger partial charge in [-0.15, -0.1) is 0 Å². The van der Waals surface area contributed by atoms with Gasteiger partial charge in [0.05, 0.1) is 11.7 Å². The van der Waals surface area contributed by atoms with E-state index in [-0.39, 0.29) is 12.1 Å². The maximum Gasteiger partial charge on any atom is 0.170 e. The molecule has 0 radical (unpaired) electrons. The fourth-order valence-corrected chi connectivity index (χ4v) is 4.52. The van der Waals surface area contributed by atoms with Crippen LogP contribution in [0, 0.1) is 0 Å². The Morgan fingerprint density at radius 2 is 1.71 bits per heavy atom. The van der Waals surface area contributed by atoms with Crippen molar-refractivity contribution in [3.63, 3.8) is 0 Å². The molecule has 0 amide bonds. The van der Waals surface area contributed by atoms with Gasteiger partial charge in [0.2, 0.25) is 0 Å². The lowest BCUT2D eigenvalue weighted by Crippen LogP contribution is -2.29. The molecule has 1 aliphatic rings. The van der Waals surface area contributed by atoms with Crippen LogP contribution in [-0.2, 0) is 6.54 Å². The first-order valence-electron chi connectivity index (χ1n) is 10.1. The maximum absolute atomic E-state index is 6.38. The summed E-state index contributed by atoms with van der Waals surface area (Å²) in [6.45, 7) is 0.689. The van der Waals surface area contributed by atoms with Crippen molar-refractivity contribution in [2.75, 3.05) is 0 Å². The molecule has 3 heterocycles. The van der Waals surface area contributed by atoms with E-state index < -0.39 is 0 Å². The van der Waals surface area contributed by atoms with Crippen molar-refractivity contribution in [1.82, 2.24) is 15.2 Å². The van der Waals surface area contributed by atoms with Gasteiger partial charge in [0.25, 0.3) is 0 Å². The number of pyridine rings is 1. The summed E-state index contributed by atoms with van der Waals surface area (Å²) in [6, 6.07) is 28.3. The minimum Gasteiger partial charge on any atom is -0.459 e. The molecule has 1 N–H and O–H groups in total. The van der Waals surface area contributed by atoms with E-state index in [1.807, 2.05) is 79.0 Å². The van der Waals surface area contributed by atoms with Gasteiger partial charge in [0.15, 0.2) is 5.11 Å². The second-order valence-corrected chi connectivity index (χ2v) is 8.75. The van der Waals surface area contributed by atoms with E-state index in [9.17, 15) is 0 Å². The number of hydrogen-bond donors (Lipinski definition) is 1. The van der Waals surface area contributed by atoms with Crippen LogP contribution in [0.3, 0.4) is 0 Å². The Morgan fingerprint density at radius 3 is 2.45 bits per heavy atom. The summed E-state index contributed by atoms with van der Waals surface area (Å²) in [5.74, 6) is 1.69. The molecular formula is C25H20BrN3OS. The van der Waals surface area contributed by atoms with Crippen molar-refractivity contribution in [1.29, 1.82) is 0 Å². The second kappa shape index (κ2) is 8.65. The molecule has 0 unspecified atom stereocenters. The van der Waals surface area contributed by atoms with Gasteiger partial charge in [-0.2, -0.15) is 0 Å². The summed E-state index contributed by atoms with van der Waals surface area (Å²) in [5.41, 5.74) is 3.16. The van der Waals surface area contributed by atoms with Gasteiger partial charge in [0.1, 0.15) is 17.6 Å². The van der Waals surface area contributed by atoms with Crippen molar-refractivity contribution in [3.8, 4) is 11.3 Å². The largest absolute Gasteiger partial charge is 0.459 e. The monoisotopic (exact) mass is 489 g/mol. The number of halogens is 1. The van der Waals surface area contributed by atoms with E-state index in [1.54, 1.807) is 0 Å². The average Bonchev–Trinajstić information content (AvgIpc) is 3.41. The van der Waals surface area contributed by atoms with Crippen molar-refractivity contribution in [2.24, 2.45) is 0 Å². The van der Waals surface area contributed by atoms with Crippen LogP contribution in [0.5, 0.6) is 0 Å². The fraction of sp³-hybridized carbons (Fsp3) is 0.120. The van der Waals surface area contributed by atoms with Gasteiger partial charge >= 0.3 is 0 Å². The number of hydrogen-bond acceptors (Lipinski definition) is 3. The Morgan fingerprint density at radius 1 is 0.935 bits per heavy atom. The molecule has 0 aliphatic carbocycles. The van der Waals surface area contributed by atoms with Crippen molar-refractivity contribution in [3.05, 3.63) is 113 Å². The number of nitrogens with one attached hydrogen (secondary N) is 1. The van der Waals surface area contributed by atoms with Crippen LogP contribution in [-0.4, -0.2) is 15.0 Å². The molecule has 4 aromatic rings. The van der Waals surface area contributed by atoms with E-state index in [1.165, 1.54) is 5.56 Å². The number of benzene rings is 2. The lowest BCUT2D eigenvalue weighted by Gasteiger charge is -2.26. The molecular weight excluding hydrogens is 470 g/mol. The number of rotatable bonds is 5. The SMILES string of the molecule is S=C1N[C@@H](c2ccccn2)[C@@H](c2ccc(-c3ccc(Br)cc3)o2)N1Cc1ccccc1. The molecule has 5 rings (SSSR count). The Balaban J connectivity index is 1.53. The quantitative estimate of drug-likeness (QED) is 0.334. The summed E-state index contributed by atoms with van der Waals surface area (Å²) in [5, 5.41) is 4.17. The topological polar surface area (TPSA) is 41.3 Å². The first-order chi connectivity index (χ1) is 15.2. The molecule has 1 saturated heterocycles. The summed E-state index contributed by atoms with van der Waals surface area (Å²) in [4.78, 5) is 6.78. The highest BCUT2D eigenvalue weighted by Gasteiger charge is 2.41. The van der Waals surface area contributed by atoms with Gasteiger partial charge in [-0.05, 0) is 54.2 Å². The Bertz CT molecular complexity index is 1180. The van der Waals surface area contributed by atoms with Crippen molar-refractivity contribution in [2.45, 2.75) is 18.6 Å². The molecule has 1 aliphatic heterocycles. The lowest BCUT2D eigenvalue weighted by molar-refractivity contribution is 0.269. The van der Waals surface area contributed by atoms with Crippen LogP contribution in [0.4, 0.5) is 0 Å². The van der Waals surface area contributed by atoms with Crippen LogP contribution < -0.4 is 5.32 Å². The molecule has 4 nitrogen and oxygen atoms in total. The minimum absolute atomic E-state index is 0.0960. The Kier molecular flexibility index (Phi) is 5.57. The van der Waals surface area contributed by atoms with E-state index in [2.05, 4.69) is 43.3 Å². The number of furan rings is 1. The molecule has 154 valence electrons. The molecule has 2 aromatic heterocycles. The normalized spacial score (nSPS) is 18.2. The summed E-state index contributed by atoms with van der Waals surface area (Å²) >= 11 is 9.24. The standard InChI is InChI=1S/C25H20BrN3OS/c26-19-11-9-18(10-12-19)21-13-14-22(30-21)24-23(20-8-4-5-15-27-20)28-25(31)29(24)16-17-6-2-1-3-7-17/h1-15,23-24H,16H2,(H,28,31)/t23-,24+/m0/s1. The molecule has 31 heavy (non-hydrogen) atoms. The van der Waals surface area contributed by atoms with Gasteiger partial charge in [-0.3, -0.25) is 4.98 Å². The zero-order valence-electron chi connectivity index (χ0n) is 16.6. The zero-order valence-corrected chi connectivity index (χ0v) is 19.0. The van der Waals surface area contributed by atoms with Crippen molar-refractivity contribution < 1.29 is 4.42 Å². The molecule has 0 bridgehead atoms. The summed E-state index contributed by atoms with van der Waals surface area (Å²) in [7, 11) is 0. The van der Waals surface area contributed by atoms with Crippen molar-refractivity contribution >= 4 is 33.3 Å². The predicted octanol–water partition coefficient (Wildman–Crippen LogP) is 6.28. The average molecular weight is 490 g/mol. The third-order valence-corrected chi connectivity index (χ3v) is 6.32. The highest BCUT2D eigenvalue weighted by atomic mass is 79.9. The Hall–Kier alpha value is -2.96. The number of thiocarbonyl (C=S) groups is 1. The van der Waals surface area contributed by atoms with Crippen LogP contribution in [0.25, 0.3) is 11.3 Å². The minimum atomic E-state index is -0.105. The maximum atomic E-state index is 6.38. The third kappa shape index (κ3) is 4.13. The molecule has 0 spiro atoms. The molecule has 6 heteroatoms. The first-order valence-corrected chi connectivity index (χ1v) is 11.3. The van der Waals surface area contributed by atoms with E-state index in [4.69, 9.17) is 16.6 Å².